The van der Waals surface area contributed by atoms with Crippen LogP contribution in [0.3, 0.4) is 0 Å². The first-order valence-electron chi connectivity index (χ1n) is 9.32. The molecule has 1 fully saturated rings. The van der Waals surface area contributed by atoms with Crippen molar-refractivity contribution in [1.82, 2.24) is 19.8 Å². The molecule has 3 rings (SSSR count). The fourth-order valence-corrected chi connectivity index (χ4v) is 3.13. The zero-order valence-electron chi connectivity index (χ0n) is 16.2. The molecule has 2 aromatic heterocycles. The summed E-state index contributed by atoms with van der Waals surface area (Å²) < 4.78 is 5.60. The number of aromatic amines is 1. The summed E-state index contributed by atoms with van der Waals surface area (Å²) in [6.45, 7) is 7.13. The van der Waals surface area contributed by atoms with Crippen LogP contribution in [0.5, 0.6) is 0 Å². The Labute approximate surface area is 158 Å². The van der Waals surface area contributed by atoms with Crippen LogP contribution in [-0.4, -0.2) is 33.1 Å². The lowest BCUT2D eigenvalue weighted by Gasteiger charge is -2.33. The van der Waals surface area contributed by atoms with Gasteiger partial charge < -0.3 is 14.6 Å². The van der Waals surface area contributed by atoms with Gasteiger partial charge in [-0.2, -0.15) is 0 Å². The van der Waals surface area contributed by atoms with Crippen LogP contribution in [-0.2, 0) is 17.8 Å². The third-order valence-corrected chi connectivity index (χ3v) is 4.64. The quantitative estimate of drug-likeness (QED) is 0.588. The summed E-state index contributed by atoms with van der Waals surface area (Å²) >= 11 is 0. The Morgan fingerprint density at radius 2 is 2.22 bits per heavy atom. The normalized spacial score (nSPS) is 14.5. The molecule has 0 unspecified atom stereocenters. The highest BCUT2D eigenvalue weighted by molar-refractivity contribution is 5.80. The molecule has 0 bridgehead atoms. The Bertz CT molecular complexity index is 859. The fraction of sp³-hybridized carbons (Fsp3) is 0.579. The van der Waals surface area contributed by atoms with Crippen LogP contribution in [0.15, 0.2) is 23.4 Å². The molecule has 2 N–H and O–H groups in total. The van der Waals surface area contributed by atoms with Crippen LogP contribution in [0, 0.1) is 11.4 Å². The maximum Gasteiger partial charge on any atom is 0.410 e. The van der Waals surface area contributed by atoms with E-state index in [0.29, 0.717) is 12.5 Å². The van der Waals surface area contributed by atoms with Crippen molar-refractivity contribution >= 4 is 17.0 Å². The molecule has 0 radical (unpaired) electrons. The molecule has 144 valence electrons. The fourth-order valence-electron chi connectivity index (χ4n) is 3.13. The number of hydrogen-bond acceptors (Lipinski definition) is 5. The second-order valence-corrected chi connectivity index (χ2v) is 8.11. The van der Waals surface area contributed by atoms with Crippen LogP contribution in [0.4, 0.5) is 4.79 Å². The molecule has 27 heavy (non-hydrogen) atoms. The molecule has 2 heterocycles. The summed E-state index contributed by atoms with van der Waals surface area (Å²) in [7, 11) is 0. The lowest BCUT2D eigenvalue weighted by atomic mass is 9.85. The van der Waals surface area contributed by atoms with Crippen molar-refractivity contribution in [3.05, 3.63) is 29.7 Å². The predicted molar refractivity (Wildman–Crippen MR) is 101 cm³/mol. The van der Waals surface area contributed by atoms with Gasteiger partial charge >= 0.3 is 6.09 Å². The van der Waals surface area contributed by atoms with E-state index in [1.54, 1.807) is 11.1 Å². The highest BCUT2D eigenvalue weighted by Crippen LogP contribution is 2.28. The van der Waals surface area contributed by atoms with Gasteiger partial charge in [0.1, 0.15) is 16.2 Å². The molecule has 0 spiro atoms. The van der Waals surface area contributed by atoms with Gasteiger partial charge in [0.25, 0.3) is 0 Å². The number of carbonyl (C=O) groups excluding carboxylic acids is 1. The molecule has 8 heteroatoms. The van der Waals surface area contributed by atoms with Gasteiger partial charge in [-0.1, -0.05) is 6.42 Å². The summed E-state index contributed by atoms with van der Waals surface area (Å²) in [6.07, 6.45) is 5.08. The summed E-state index contributed by atoms with van der Waals surface area (Å²) in [4.78, 5) is 25.2. The monoisotopic (exact) mass is 371 g/mol. The lowest BCUT2D eigenvalue weighted by Crippen LogP contribution is -2.40. The number of aromatic nitrogens is 2. The van der Waals surface area contributed by atoms with Gasteiger partial charge in [-0.25, -0.2) is 4.79 Å². The van der Waals surface area contributed by atoms with Crippen molar-refractivity contribution in [1.29, 1.82) is 5.53 Å². The van der Waals surface area contributed by atoms with E-state index in [1.165, 1.54) is 19.3 Å². The molecule has 2 aromatic rings. The maximum absolute atomic E-state index is 12.7. The number of ether oxygens (including phenoxy) is 1. The predicted octanol–water partition coefficient (Wildman–Crippen LogP) is 4.15. The number of amides is 1. The first-order chi connectivity index (χ1) is 12.8. The molecule has 0 aliphatic heterocycles. The van der Waals surface area contributed by atoms with Gasteiger partial charge in [0.05, 0.1) is 12.2 Å². The van der Waals surface area contributed by atoms with E-state index in [9.17, 15) is 4.79 Å². The molecule has 0 saturated heterocycles. The van der Waals surface area contributed by atoms with Gasteiger partial charge in [0.15, 0.2) is 6.54 Å². The first kappa shape index (κ1) is 19.0. The van der Waals surface area contributed by atoms with Crippen molar-refractivity contribution in [3.8, 4) is 0 Å². The molecule has 1 saturated carbocycles. The largest absolute Gasteiger partial charge is 0.444 e. The minimum Gasteiger partial charge on any atom is -0.444 e. The second-order valence-electron chi connectivity index (χ2n) is 8.11. The highest BCUT2D eigenvalue weighted by atomic mass is 16.6. The van der Waals surface area contributed by atoms with Gasteiger partial charge in [-0.05, 0) is 51.7 Å². The van der Waals surface area contributed by atoms with E-state index in [1.807, 2.05) is 32.9 Å². The number of rotatable bonds is 6. The maximum atomic E-state index is 12.7. The van der Waals surface area contributed by atoms with Gasteiger partial charge in [-0.15, -0.1) is 0 Å². The van der Waals surface area contributed by atoms with Crippen molar-refractivity contribution in [2.75, 3.05) is 6.54 Å². The number of fused-ring (bicyclic) bond motifs is 1. The zero-order chi connectivity index (χ0) is 19.4. The van der Waals surface area contributed by atoms with E-state index in [2.05, 4.69) is 20.0 Å². The standard InChI is InChI=1S/C19H27N6O2/c1-19(2,3)27-18(26)25(11-13-5-4-6-13)12-16-7-14-9-21-15(10-22-24-20)8-17(14)23-16/h7-9,13,20,23H,4-6,10-12H2,1-3H3/q+1. The smallest absolute Gasteiger partial charge is 0.410 e. The average Bonchev–Trinajstić information content (AvgIpc) is 2.94. The number of H-pyrrole nitrogens is 1. The first-order valence-corrected chi connectivity index (χ1v) is 9.32. The van der Waals surface area contributed by atoms with Crippen LogP contribution in [0.2, 0.25) is 0 Å². The molecule has 1 aliphatic rings. The Balaban J connectivity index is 1.77. The third kappa shape index (κ3) is 5.14. The van der Waals surface area contributed by atoms with E-state index in [4.69, 9.17) is 10.3 Å². The molecule has 1 aliphatic carbocycles. The second kappa shape index (κ2) is 7.88. The summed E-state index contributed by atoms with van der Waals surface area (Å²) in [5.41, 5.74) is 8.85. The van der Waals surface area contributed by atoms with Crippen LogP contribution < -0.4 is 4.91 Å². The number of pyridine rings is 1. The summed E-state index contributed by atoms with van der Waals surface area (Å²) in [5.74, 6) is 0.561. The van der Waals surface area contributed by atoms with Crippen LogP contribution >= 0.6 is 0 Å². The third-order valence-electron chi connectivity index (χ3n) is 4.64. The van der Waals surface area contributed by atoms with Gasteiger partial charge in [0.2, 0.25) is 4.91 Å². The molecule has 1 amide bonds. The van der Waals surface area contributed by atoms with Crippen molar-refractivity contribution in [3.63, 3.8) is 0 Å². The number of nitrogens with zero attached hydrogens (tertiary/aromatic N) is 4. The topological polar surface area (TPSA) is 109 Å². The van der Waals surface area contributed by atoms with Crippen molar-refractivity contribution in [2.45, 2.75) is 58.7 Å². The van der Waals surface area contributed by atoms with Gasteiger partial charge in [-0.3, -0.25) is 4.98 Å². The molecular weight excluding hydrogens is 344 g/mol. The Hall–Kier alpha value is -2.73. The molecule has 0 atom stereocenters. The Morgan fingerprint density at radius 3 is 2.85 bits per heavy atom. The Kier molecular flexibility index (Phi) is 5.56. The average molecular weight is 371 g/mol. The lowest BCUT2D eigenvalue weighted by molar-refractivity contribution is 0.0171. The molecular formula is C19H27N6O2+. The molecule has 8 nitrogen and oxygen atoms in total. The number of carbonyl (C=O) groups is 1. The van der Waals surface area contributed by atoms with E-state index in [-0.39, 0.29) is 12.6 Å². The van der Waals surface area contributed by atoms with E-state index in [0.717, 1.165) is 28.8 Å². The zero-order valence-corrected chi connectivity index (χ0v) is 16.2. The van der Waals surface area contributed by atoms with Crippen LogP contribution in [0.1, 0.15) is 51.4 Å². The number of hydrogen-bond donors (Lipinski definition) is 2. The van der Waals surface area contributed by atoms with Crippen molar-refractivity contribution in [2.24, 2.45) is 11.0 Å². The SMILES string of the molecule is CC(C)(C)OC(=O)N(Cc1cc2cnc(CN=[N+]=N)cc2[nH]1)CC1CCC1. The summed E-state index contributed by atoms with van der Waals surface area (Å²) in [6, 6.07) is 3.91. The van der Waals surface area contributed by atoms with E-state index >= 15 is 0 Å². The highest BCUT2D eigenvalue weighted by Gasteiger charge is 2.27. The molecule has 0 aromatic carbocycles. The minimum atomic E-state index is -0.513. The minimum absolute atomic E-state index is 0.275. The van der Waals surface area contributed by atoms with Crippen LogP contribution in [0.25, 0.3) is 10.9 Å². The number of nitrogens with one attached hydrogen (secondary N) is 2. The van der Waals surface area contributed by atoms with Gasteiger partial charge in [0, 0.05) is 29.3 Å². The Morgan fingerprint density at radius 1 is 1.44 bits per heavy atom. The van der Waals surface area contributed by atoms with E-state index < -0.39 is 5.60 Å². The van der Waals surface area contributed by atoms with Crippen molar-refractivity contribution < 1.29 is 9.53 Å². The summed E-state index contributed by atoms with van der Waals surface area (Å²) in [5, 5.41) is 4.63.